The number of hydrogen-bond donors (Lipinski definition) is 1. The van der Waals surface area contributed by atoms with E-state index in [0.717, 1.165) is 0 Å². The Morgan fingerprint density at radius 2 is 2.00 bits per heavy atom. The van der Waals surface area contributed by atoms with Crippen molar-refractivity contribution in [2.75, 3.05) is 5.88 Å². The van der Waals surface area contributed by atoms with E-state index in [1.54, 1.807) is 0 Å². The molecule has 0 bridgehead atoms. The molecule has 12 heavy (non-hydrogen) atoms. The second kappa shape index (κ2) is 5.03. The van der Waals surface area contributed by atoms with Crippen molar-refractivity contribution in [3.05, 3.63) is 0 Å². The van der Waals surface area contributed by atoms with Crippen LogP contribution in [0.2, 0.25) is 0 Å². The summed E-state index contributed by atoms with van der Waals surface area (Å²) in [6.45, 7) is 1.30. The lowest BCUT2D eigenvalue weighted by Crippen LogP contribution is -2.42. The van der Waals surface area contributed by atoms with Gasteiger partial charge in [0.15, 0.2) is 5.78 Å². The van der Waals surface area contributed by atoms with E-state index in [2.05, 4.69) is 0 Å². The monoisotopic (exact) mass is 199 g/mol. The van der Waals surface area contributed by atoms with Crippen LogP contribution in [0, 0.1) is 0 Å². The van der Waals surface area contributed by atoms with Gasteiger partial charge in [-0.25, -0.2) is 0 Å². The number of halogens is 3. The highest BCUT2D eigenvalue weighted by Crippen LogP contribution is 1.94. The summed E-state index contributed by atoms with van der Waals surface area (Å²) in [4.78, 5) is 21.0. The zero-order valence-electron chi connectivity index (χ0n) is 6.31. The van der Waals surface area contributed by atoms with E-state index in [0.29, 0.717) is 0 Å². The summed E-state index contributed by atoms with van der Waals surface area (Å²) >= 11 is 5.12. The van der Waals surface area contributed by atoms with Gasteiger partial charge in [-0.05, 0) is 6.92 Å². The Kier molecular flexibility index (Phi) is 4.73. The molecule has 0 fully saturated rings. The molecular weight excluding hydrogens is 192 g/mol. The Morgan fingerprint density at radius 1 is 1.50 bits per heavy atom. The molecule has 3 nitrogen and oxygen atoms in total. The largest absolute Gasteiger partial charge is 0.342 e. The van der Waals surface area contributed by atoms with E-state index in [4.69, 9.17) is 11.6 Å². The minimum atomic E-state index is -3.10. The van der Waals surface area contributed by atoms with Crippen molar-refractivity contribution in [1.29, 1.82) is 0 Å². The van der Waals surface area contributed by atoms with Gasteiger partial charge in [0.05, 0.1) is 11.9 Å². The van der Waals surface area contributed by atoms with Crippen LogP contribution in [-0.4, -0.2) is 30.0 Å². The molecule has 1 atom stereocenters. The van der Waals surface area contributed by atoms with E-state index in [1.807, 2.05) is 5.32 Å². The number of ketones is 1. The summed E-state index contributed by atoms with van der Waals surface area (Å²) in [5, 5.41) is 1.81. The topological polar surface area (TPSA) is 46.2 Å². The lowest BCUT2D eigenvalue weighted by molar-refractivity contribution is -0.134. The minimum absolute atomic E-state index is 0.301. The molecule has 0 spiro atoms. The number of alkyl halides is 3. The van der Waals surface area contributed by atoms with Crippen LogP contribution in [0.15, 0.2) is 0 Å². The SMILES string of the molecule is CC(NC(=O)C(F)F)C(=O)CCl. The molecule has 0 aliphatic carbocycles. The van der Waals surface area contributed by atoms with Crippen LogP contribution >= 0.6 is 11.6 Å². The number of nitrogens with one attached hydrogen (secondary N) is 1. The maximum absolute atomic E-state index is 11.6. The van der Waals surface area contributed by atoms with E-state index >= 15 is 0 Å². The molecule has 0 aromatic carbocycles. The first-order valence-electron chi connectivity index (χ1n) is 3.16. The van der Waals surface area contributed by atoms with Crippen LogP contribution in [0.4, 0.5) is 8.78 Å². The first-order chi connectivity index (χ1) is 5.49. The van der Waals surface area contributed by atoms with Crippen molar-refractivity contribution in [2.24, 2.45) is 0 Å². The third kappa shape index (κ3) is 3.61. The fourth-order valence-electron chi connectivity index (χ4n) is 0.473. The zero-order chi connectivity index (χ0) is 9.72. The van der Waals surface area contributed by atoms with Crippen molar-refractivity contribution in [2.45, 2.75) is 19.4 Å². The molecule has 6 heteroatoms. The zero-order valence-corrected chi connectivity index (χ0v) is 7.07. The number of amides is 1. The van der Waals surface area contributed by atoms with Crippen molar-refractivity contribution in [1.82, 2.24) is 5.32 Å². The van der Waals surface area contributed by atoms with Crippen molar-refractivity contribution >= 4 is 23.3 Å². The van der Waals surface area contributed by atoms with Gasteiger partial charge >= 0.3 is 6.43 Å². The third-order valence-electron chi connectivity index (χ3n) is 1.17. The molecule has 0 aromatic rings. The lowest BCUT2D eigenvalue weighted by Gasteiger charge is -2.09. The Labute approximate surface area is 73.1 Å². The molecule has 1 N–H and O–H groups in total. The molecule has 1 unspecified atom stereocenters. The van der Waals surface area contributed by atoms with E-state index in [-0.39, 0.29) is 5.88 Å². The van der Waals surface area contributed by atoms with Crippen molar-refractivity contribution < 1.29 is 18.4 Å². The van der Waals surface area contributed by atoms with Crippen LogP contribution in [0.1, 0.15) is 6.92 Å². The number of rotatable bonds is 4. The molecule has 0 saturated carbocycles. The molecule has 0 heterocycles. The molecule has 0 aliphatic heterocycles. The molecule has 0 rings (SSSR count). The third-order valence-corrected chi connectivity index (χ3v) is 1.44. The van der Waals surface area contributed by atoms with Crippen LogP contribution in [0.3, 0.4) is 0 Å². The van der Waals surface area contributed by atoms with Gasteiger partial charge in [-0.3, -0.25) is 9.59 Å². The predicted molar refractivity (Wildman–Crippen MR) is 39.3 cm³/mol. The van der Waals surface area contributed by atoms with Gasteiger partial charge in [0.25, 0.3) is 5.91 Å². The quantitative estimate of drug-likeness (QED) is 0.673. The summed E-state index contributed by atoms with van der Waals surface area (Å²) in [5.41, 5.74) is 0. The fraction of sp³-hybridized carbons (Fsp3) is 0.667. The Hall–Kier alpha value is -0.710. The summed E-state index contributed by atoms with van der Waals surface area (Å²) in [7, 11) is 0. The van der Waals surface area contributed by atoms with Gasteiger partial charge in [0, 0.05) is 0 Å². The summed E-state index contributed by atoms with van der Waals surface area (Å²) < 4.78 is 23.2. The first kappa shape index (κ1) is 11.3. The molecule has 0 aromatic heterocycles. The van der Waals surface area contributed by atoms with Gasteiger partial charge in [-0.1, -0.05) is 0 Å². The average Bonchev–Trinajstić information content (AvgIpc) is 2.02. The van der Waals surface area contributed by atoms with E-state index < -0.39 is 24.2 Å². The highest BCUT2D eigenvalue weighted by atomic mass is 35.5. The number of hydrogen-bond acceptors (Lipinski definition) is 2. The number of carbonyl (C=O) groups excluding carboxylic acids is 2. The highest BCUT2D eigenvalue weighted by Gasteiger charge is 2.20. The summed E-state index contributed by atoms with van der Waals surface area (Å²) in [6, 6.07) is -0.955. The van der Waals surface area contributed by atoms with Crippen LogP contribution in [0.25, 0.3) is 0 Å². The molecule has 1 amide bonds. The standard InChI is InChI=1S/C6H8ClF2NO2/c1-3(4(11)2-7)10-6(12)5(8)9/h3,5H,2H2,1H3,(H,10,12). The average molecular weight is 200 g/mol. The van der Waals surface area contributed by atoms with Crippen LogP contribution in [-0.2, 0) is 9.59 Å². The van der Waals surface area contributed by atoms with Gasteiger partial charge in [-0.2, -0.15) is 8.78 Å². The van der Waals surface area contributed by atoms with Crippen LogP contribution < -0.4 is 5.32 Å². The van der Waals surface area contributed by atoms with Crippen LogP contribution in [0.5, 0.6) is 0 Å². The lowest BCUT2D eigenvalue weighted by atomic mass is 10.2. The predicted octanol–water partition coefficient (Wildman–Crippen LogP) is 0.564. The van der Waals surface area contributed by atoms with Gasteiger partial charge < -0.3 is 5.32 Å². The maximum atomic E-state index is 11.6. The number of Topliss-reactive ketones (excluding diaryl/α,β-unsaturated/α-hetero) is 1. The molecular formula is C6H8ClF2NO2. The molecule has 70 valence electrons. The van der Waals surface area contributed by atoms with Gasteiger partial charge in [0.2, 0.25) is 0 Å². The van der Waals surface area contributed by atoms with E-state index in [1.165, 1.54) is 6.92 Å². The van der Waals surface area contributed by atoms with Gasteiger partial charge in [-0.15, -0.1) is 11.6 Å². The Bertz CT molecular complexity index is 186. The second-order valence-corrected chi connectivity index (χ2v) is 2.40. The number of carbonyl (C=O) groups is 2. The Balaban J connectivity index is 3.92. The van der Waals surface area contributed by atoms with Crippen molar-refractivity contribution in [3.63, 3.8) is 0 Å². The van der Waals surface area contributed by atoms with Crippen molar-refractivity contribution in [3.8, 4) is 0 Å². The molecule has 0 saturated heterocycles. The Morgan fingerprint density at radius 3 is 2.33 bits per heavy atom. The molecule has 0 radical (unpaired) electrons. The molecule has 0 aliphatic rings. The summed E-state index contributed by atoms with van der Waals surface area (Å²) in [5.74, 6) is -2.25. The normalized spacial score (nSPS) is 12.8. The first-order valence-corrected chi connectivity index (χ1v) is 3.69. The minimum Gasteiger partial charge on any atom is -0.342 e. The second-order valence-electron chi connectivity index (χ2n) is 2.13. The fourth-order valence-corrected chi connectivity index (χ4v) is 0.704. The van der Waals surface area contributed by atoms with Gasteiger partial charge in [0.1, 0.15) is 0 Å². The summed E-state index contributed by atoms with van der Waals surface area (Å²) in [6.07, 6.45) is -3.10. The maximum Gasteiger partial charge on any atom is 0.315 e. The smallest absolute Gasteiger partial charge is 0.315 e. The van der Waals surface area contributed by atoms with E-state index in [9.17, 15) is 18.4 Å². The highest BCUT2D eigenvalue weighted by molar-refractivity contribution is 6.28.